The van der Waals surface area contributed by atoms with Crippen molar-refractivity contribution in [3.8, 4) is 0 Å². The Hall–Kier alpha value is -4.05. The Labute approximate surface area is 226 Å². The molecule has 0 saturated carbocycles. The summed E-state index contributed by atoms with van der Waals surface area (Å²) in [4.78, 5) is 55.9. The van der Waals surface area contributed by atoms with Crippen molar-refractivity contribution in [2.24, 2.45) is 7.05 Å². The monoisotopic (exact) mass is 533 g/mol. The minimum absolute atomic E-state index is 0.0123. The lowest BCUT2D eigenvalue weighted by Gasteiger charge is -2.38. The Morgan fingerprint density at radius 1 is 1.18 bits per heavy atom. The molecule has 0 aliphatic carbocycles. The third kappa shape index (κ3) is 6.51. The fraction of sp³-hybridized carbons (Fsp3) is 0.414. The molecular weight excluding hydrogens is 498 g/mol. The molecular formula is C29H35N5O5. The van der Waals surface area contributed by atoms with Crippen LogP contribution >= 0.6 is 0 Å². The Morgan fingerprint density at radius 2 is 1.92 bits per heavy atom. The van der Waals surface area contributed by atoms with Crippen LogP contribution in [-0.2, 0) is 18.4 Å². The number of benzene rings is 1. The topological polar surface area (TPSA) is 127 Å². The number of aromatic nitrogens is 3. The highest BCUT2D eigenvalue weighted by Gasteiger charge is 2.34. The lowest BCUT2D eigenvalue weighted by atomic mass is 9.91. The van der Waals surface area contributed by atoms with Crippen LogP contribution in [0.2, 0.25) is 0 Å². The number of unbranched alkanes of at least 4 members (excludes halogenated alkanes) is 1. The summed E-state index contributed by atoms with van der Waals surface area (Å²) in [6.45, 7) is 6.78. The molecule has 2 amide bonds. The van der Waals surface area contributed by atoms with Crippen molar-refractivity contribution < 1.29 is 19.5 Å². The predicted molar refractivity (Wildman–Crippen MR) is 148 cm³/mol. The van der Waals surface area contributed by atoms with Crippen molar-refractivity contribution in [1.29, 1.82) is 0 Å². The van der Waals surface area contributed by atoms with Crippen LogP contribution in [0.3, 0.4) is 0 Å². The summed E-state index contributed by atoms with van der Waals surface area (Å²) < 4.78 is 3.05. The number of aryl methyl sites for hydroxylation is 2. The van der Waals surface area contributed by atoms with E-state index in [1.54, 1.807) is 28.8 Å². The molecule has 3 heterocycles. The molecule has 0 spiro atoms. The van der Waals surface area contributed by atoms with Gasteiger partial charge < -0.3 is 19.9 Å². The third-order valence-electron chi connectivity index (χ3n) is 7.30. The molecule has 0 atom stereocenters. The highest BCUT2D eigenvalue weighted by atomic mass is 16.3. The van der Waals surface area contributed by atoms with Crippen LogP contribution in [-0.4, -0.2) is 67.0 Å². The van der Waals surface area contributed by atoms with E-state index in [4.69, 9.17) is 0 Å². The summed E-state index contributed by atoms with van der Waals surface area (Å²) in [6.07, 6.45) is 6.64. The molecule has 2 N–H and O–H groups in total. The second-order valence-electron chi connectivity index (χ2n) is 10.3. The van der Waals surface area contributed by atoms with E-state index in [2.05, 4.69) is 16.9 Å². The molecule has 0 unspecified atom stereocenters. The normalized spacial score (nSPS) is 14.8. The lowest BCUT2D eigenvalue weighted by Crippen LogP contribution is -2.49. The number of fused-ring (bicyclic) bond motifs is 1. The Morgan fingerprint density at radius 3 is 2.64 bits per heavy atom. The van der Waals surface area contributed by atoms with Crippen molar-refractivity contribution in [2.45, 2.75) is 51.2 Å². The third-order valence-corrected chi connectivity index (χ3v) is 7.30. The van der Waals surface area contributed by atoms with Gasteiger partial charge >= 0.3 is 0 Å². The number of aliphatic hydroxyl groups is 1. The molecule has 206 valence electrons. The summed E-state index contributed by atoms with van der Waals surface area (Å²) in [5.41, 5.74) is 1.19. The number of hydrogen-bond acceptors (Lipinski definition) is 6. The molecule has 1 aliphatic heterocycles. The van der Waals surface area contributed by atoms with Gasteiger partial charge in [0.25, 0.3) is 11.5 Å². The van der Waals surface area contributed by atoms with E-state index in [0.29, 0.717) is 73.9 Å². The van der Waals surface area contributed by atoms with Gasteiger partial charge in [0, 0.05) is 44.9 Å². The van der Waals surface area contributed by atoms with E-state index < -0.39 is 5.60 Å². The van der Waals surface area contributed by atoms with E-state index >= 15 is 0 Å². The number of nitrogens with one attached hydrogen (secondary N) is 1. The van der Waals surface area contributed by atoms with Gasteiger partial charge in [-0.25, -0.2) is 4.98 Å². The molecule has 1 fully saturated rings. The zero-order chi connectivity index (χ0) is 28.2. The van der Waals surface area contributed by atoms with Gasteiger partial charge in [-0.05, 0) is 62.4 Å². The number of carbonyl (C=O) groups is 3. The van der Waals surface area contributed by atoms with Crippen molar-refractivity contribution in [3.05, 3.63) is 76.6 Å². The number of hydrogen-bond donors (Lipinski definition) is 2. The number of allylic oxidation sites excluding steroid dienone is 1. The van der Waals surface area contributed by atoms with Gasteiger partial charge in [-0.1, -0.05) is 12.6 Å². The quantitative estimate of drug-likeness (QED) is 0.234. The summed E-state index contributed by atoms with van der Waals surface area (Å²) in [5, 5.41) is 14.5. The Kier molecular flexibility index (Phi) is 8.44. The molecule has 1 aliphatic rings. The summed E-state index contributed by atoms with van der Waals surface area (Å²) in [6, 6.07) is 7.03. The molecule has 2 aromatic heterocycles. The smallest absolute Gasteiger partial charge is 0.267 e. The number of likely N-dealkylation sites (tertiary alicyclic amines) is 1. The second kappa shape index (κ2) is 11.8. The fourth-order valence-electron chi connectivity index (χ4n) is 4.92. The van der Waals surface area contributed by atoms with Gasteiger partial charge in [-0.15, -0.1) is 0 Å². The van der Waals surface area contributed by atoms with Gasteiger partial charge in [0.1, 0.15) is 5.69 Å². The van der Waals surface area contributed by atoms with Crippen LogP contribution in [0, 0.1) is 6.92 Å². The number of nitrogens with zero attached hydrogens (tertiary/aromatic N) is 4. The van der Waals surface area contributed by atoms with E-state index in [-0.39, 0.29) is 29.7 Å². The maximum Gasteiger partial charge on any atom is 0.267 e. The minimum atomic E-state index is -1.09. The first-order valence-electron chi connectivity index (χ1n) is 13.2. The largest absolute Gasteiger partial charge is 0.388 e. The van der Waals surface area contributed by atoms with Gasteiger partial charge in [-0.2, -0.15) is 0 Å². The summed E-state index contributed by atoms with van der Waals surface area (Å²) in [5.74, 6) is -0.509. The van der Waals surface area contributed by atoms with Crippen LogP contribution in [0.4, 0.5) is 0 Å². The van der Waals surface area contributed by atoms with Gasteiger partial charge in [0.05, 0.1) is 29.4 Å². The fourth-order valence-corrected chi connectivity index (χ4v) is 4.92. The Bertz CT molecular complexity index is 1460. The summed E-state index contributed by atoms with van der Waals surface area (Å²) >= 11 is 0. The molecule has 1 aromatic carbocycles. The Balaban J connectivity index is 1.20. The second-order valence-corrected chi connectivity index (χ2v) is 10.3. The van der Waals surface area contributed by atoms with Crippen LogP contribution < -0.4 is 10.9 Å². The van der Waals surface area contributed by atoms with Gasteiger partial charge in [0.2, 0.25) is 5.91 Å². The van der Waals surface area contributed by atoms with E-state index in [1.807, 2.05) is 19.1 Å². The number of amides is 2. The molecule has 10 nitrogen and oxygen atoms in total. The molecule has 0 radical (unpaired) electrons. The maximum atomic E-state index is 12.9. The molecule has 4 rings (SSSR count). The SMILES string of the molecule is C=CC(=O)c1cc(C(=O)NCCCCC(=O)N2CCC(O)(Cn3cnc4cc(C)ccc4c3=O)CC2)n(C)c1. The molecule has 10 heteroatoms. The molecule has 0 bridgehead atoms. The highest BCUT2D eigenvalue weighted by molar-refractivity contribution is 6.06. The first-order chi connectivity index (χ1) is 18.6. The highest BCUT2D eigenvalue weighted by Crippen LogP contribution is 2.24. The minimum Gasteiger partial charge on any atom is -0.388 e. The first kappa shape index (κ1) is 28.0. The van der Waals surface area contributed by atoms with Gasteiger partial charge in [-0.3, -0.25) is 23.7 Å². The van der Waals surface area contributed by atoms with Crippen LogP contribution in [0.1, 0.15) is 58.5 Å². The average molecular weight is 534 g/mol. The van der Waals surface area contributed by atoms with Crippen molar-refractivity contribution in [1.82, 2.24) is 24.3 Å². The first-order valence-corrected chi connectivity index (χ1v) is 13.2. The number of carbonyl (C=O) groups excluding carboxylic acids is 3. The molecule has 1 saturated heterocycles. The van der Waals surface area contributed by atoms with Crippen LogP contribution in [0.15, 0.2) is 54.2 Å². The lowest BCUT2D eigenvalue weighted by molar-refractivity contribution is -0.136. The number of piperidine rings is 1. The van der Waals surface area contributed by atoms with Crippen LogP contribution in [0.25, 0.3) is 10.9 Å². The average Bonchev–Trinajstić information content (AvgIpc) is 3.31. The summed E-state index contributed by atoms with van der Waals surface area (Å²) in [7, 11) is 1.70. The van der Waals surface area contributed by atoms with Crippen LogP contribution in [0.5, 0.6) is 0 Å². The standard InChI is InChI=1S/C29H35N5O5/c1-4-25(35)21-16-24(32(3)17-21)27(37)30-12-6-5-7-26(36)33-13-10-29(39,11-14-33)18-34-19-31-23-15-20(2)8-9-22(23)28(34)38/h4,8-9,15-17,19,39H,1,5-7,10-14,18H2,2-3H3,(H,30,37). The number of rotatable bonds is 10. The molecule has 39 heavy (non-hydrogen) atoms. The number of ketones is 1. The van der Waals surface area contributed by atoms with E-state index in [9.17, 15) is 24.3 Å². The van der Waals surface area contributed by atoms with Crippen molar-refractivity contribution >= 4 is 28.5 Å². The van der Waals surface area contributed by atoms with E-state index in [0.717, 1.165) is 5.56 Å². The van der Waals surface area contributed by atoms with Crippen molar-refractivity contribution in [2.75, 3.05) is 19.6 Å². The van der Waals surface area contributed by atoms with Crippen molar-refractivity contribution in [3.63, 3.8) is 0 Å². The predicted octanol–water partition coefficient (Wildman–Crippen LogP) is 2.37. The maximum absolute atomic E-state index is 12.9. The van der Waals surface area contributed by atoms with Gasteiger partial charge in [0.15, 0.2) is 5.78 Å². The zero-order valence-electron chi connectivity index (χ0n) is 22.5. The zero-order valence-corrected chi connectivity index (χ0v) is 22.5. The molecule has 3 aromatic rings. The van der Waals surface area contributed by atoms with E-state index in [1.165, 1.54) is 23.0 Å².